The number of hydrazone groups is 1. The van der Waals surface area contributed by atoms with E-state index in [1.54, 1.807) is 26.1 Å². The number of nitrogens with one attached hydrogen (secondary N) is 3. The fraction of sp³-hybridized carbons (Fsp3) is 0.368. The van der Waals surface area contributed by atoms with Crippen molar-refractivity contribution in [3.63, 3.8) is 0 Å². The quantitative estimate of drug-likeness (QED) is 0.410. The zero-order chi connectivity index (χ0) is 23.0. The minimum absolute atomic E-state index is 0.164. The van der Waals surface area contributed by atoms with E-state index >= 15 is 0 Å². The molecule has 0 spiro atoms. The van der Waals surface area contributed by atoms with Crippen molar-refractivity contribution in [2.45, 2.75) is 32.5 Å². The summed E-state index contributed by atoms with van der Waals surface area (Å²) in [4.78, 5) is 26.0. The molecule has 3 N–H and O–H groups in total. The minimum Gasteiger partial charge on any atom is -0.367 e. The molecular weight excluding hydrogens is 413 g/mol. The maximum Gasteiger partial charge on any atom is 0.434 e. The number of aryl methyl sites for hydroxylation is 1. The van der Waals surface area contributed by atoms with Crippen LogP contribution in [-0.2, 0) is 6.18 Å². The van der Waals surface area contributed by atoms with Gasteiger partial charge in [0.15, 0.2) is 11.4 Å². The second kappa shape index (κ2) is 10.5. The van der Waals surface area contributed by atoms with Crippen LogP contribution in [0.15, 0.2) is 29.6 Å². The molecule has 2 heterocycles. The number of pyridine rings is 1. The molecule has 0 bridgehead atoms. The van der Waals surface area contributed by atoms with Crippen LogP contribution in [0.5, 0.6) is 0 Å². The molecule has 0 fully saturated rings. The second-order valence-electron chi connectivity index (χ2n) is 6.55. The molecule has 166 valence electrons. The number of hydrogen-bond acceptors (Lipinski definition) is 8. The van der Waals surface area contributed by atoms with Crippen molar-refractivity contribution in [3.8, 4) is 0 Å². The predicted octanol–water partition coefficient (Wildman–Crippen LogP) is 3.21. The standard InChI is InChI=1S/C19H23F3N8O/c1-4-13(9-25-16-11-24-15(10-26-16)19(20,21)22)30(3)18(31)17-14(29-27-8-7-23)6-5-12(2)28-17/h5-8,10-11,13,23,29H,4,9H2,1-3H3,(H,25,26)/b23-7?,27-8-. The molecular formula is C19H23F3N8O. The van der Waals surface area contributed by atoms with Gasteiger partial charge >= 0.3 is 6.18 Å². The Morgan fingerprint density at radius 2 is 2.06 bits per heavy atom. The third-order valence-electron chi connectivity index (χ3n) is 4.37. The third kappa shape index (κ3) is 6.46. The van der Waals surface area contributed by atoms with Crippen LogP contribution in [-0.4, -0.2) is 57.8 Å². The van der Waals surface area contributed by atoms with Gasteiger partial charge in [-0.3, -0.25) is 10.2 Å². The Labute approximate surface area is 177 Å². The number of rotatable bonds is 9. The summed E-state index contributed by atoms with van der Waals surface area (Å²) in [5.41, 5.74) is 2.81. The fourth-order valence-corrected chi connectivity index (χ4v) is 2.63. The van der Waals surface area contributed by atoms with E-state index in [0.717, 1.165) is 12.4 Å². The Kier molecular flexibility index (Phi) is 8.00. The number of hydrogen-bond donors (Lipinski definition) is 3. The van der Waals surface area contributed by atoms with Crippen molar-refractivity contribution < 1.29 is 18.0 Å². The maximum absolute atomic E-state index is 13.1. The van der Waals surface area contributed by atoms with Gasteiger partial charge < -0.3 is 15.6 Å². The number of carbonyl (C=O) groups excluding carboxylic acids is 1. The molecule has 0 aliphatic rings. The summed E-state index contributed by atoms with van der Waals surface area (Å²) in [7, 11) is 1.62. The molecule has 0 saturated carbocycles. The first kappa shape index (κ1) is 23.7. The first-order chi connectivity index (χ1) is 14.7. The molecule has 2 rings (SSSR count). The second-order valence-corrected chi connectivity index (χ2v) is 6.55. The average molecular weight is 436 g/mol. The van der Waals surface area contributed by atoms with Crippen molar-refractivity contribution >= 4 is 29.8 Å². The summed E-state index contributed by atoms with van der Waals surface area (Å²) in [5.74, 6) is -0.187. The average Bonchev–Trinajstić information content (AvgIpc) is 2.74. The predicted molar refractivity (Wildman–Crippen MR) is 112 cm³/mol. The van der Waals surface area contributed by atoms with Crippen LogP contribution in [0.25, 0.3) is 0 Å². The van der Waals surface area contributed by atoms with Gasteiger partial charge in [-0.2, -0.15) is 18.3 Å². The first-order valence-electron chi connectivity index (χ1n) is 9.33. The highest BCUT2D eigenvalue weighted by Gasteiger charge is 2.32. The molecule has 0 aliphatic heterocycles. The smallest absolute Gasteiger partial charge is 0.367 e. The fourth-order valence-electron chi connectivity index (χ4n) is 2.63. The molecule has 0 aliphatic carbocycles. The van der Waals surface area contributed by atoms with Crippen molar-refractivity contribution in [2.24, 2.45) is 5.10 Å². The lowest BCUT2D eigenvalue weighted by molar-refractivity contribution is -0.141. The van der Waals surface area contributed by atoms with Gasteiger partial charge in [-0.1, -0.05) is 6.92 Å². The topological polar surface area (TPSA) is 119 Å². The summed E-state index contributed by atoms with van der Waals surface area (Å²) >= 11 is 0. The molecule has 1 amide bonds. The van der Waals surface area contributed by atoms with E-state index in [2.05, 4.69) is 30.8 Å². The number of amides is 1. The highest BCUT2D eigenvalue weighted by molar-refractivity contribution is 6.14. The van der Waals surface area contributed by atoms with Crippen molar-refractivity contribution in [1.82, 2.24) is 19.9 Å². The van der Waals surface area contributed by atoms with Gasteiger partial charge in [0, 0.05) is 31.5 Å². The van der Waals surface area contributed by atoms with E-state index < -0.39 is 11.9 Å². The van der Waals surface area contributed by atoms with Gasteiger partial charge in [-0.25, -0.2) is 15.0 Å². The zero-order valence-electron chi connectivity index (χ0n) is 17.2. The third-order valence-corrected chi connectivity index (χ3v) is 4.37. The summed E-state index contributed by atoms with van der Waals surface area (Å²) in [6.45, 7) is 3.88. The Hall–Kier alpha value is -3.57. The lowest BCUT2D eigenvalue weighted by Gasteiger charge is -2.28. The summed E-state index contributed by atoms with van der Waals surface area (Å²) in [6.07, 6.45) is -0.111. The minimum atomic E-state index is -4.56. The normalized spacial score (nSPS) is 12.5. The number of nitrogens with zero attached hydrogens (tertiary/aromatic N) is 5. The molecule has 0 aromatic carbocycles. The van der Waals surface area contributed by atoms with Gasteiger partial charge in [0.1, 0.15) is 5.82 Å². The van der Waals surface area contributed by atoms with Gasteiger partial charge in [-0.15, -0.1) is 0 Å². The SMILES string of the molecule is CCC(CNc1cnc(C(F)(F)F)cn1)N(C)C(=O)c1nc(C)ccc1N/N=C\C=N. The summed E-state index contributed by atoms with van der Waals surface area (Å²) in [6, 6.07) is 3.10. The molecule has 0 saturated heterocycles. The maximum atomic E-state index is 13.1. The van der Waals surface area contributed by atoms with Crippen LogP contribution in [0.2, 0.25) is 0 Å². The lowest BCUT2D eigenvalue weighted by atomic mass is 10.1. The Morgan fingerprint density at radius 1 is 1.32 bits per heavy atom. The first-order valence-corrected chi connectivity index (χ1v) is 9.33. The van der Waals surface area contributed by atoms with E-state index in [0.29, 0.717) is 24.0 Å². The van der Waals surface area contributed by atoms with Crippen LogP contribution >= 0.6 is 0 Å². The molecule has 0 radical (unpaired) electrons. The van der Waals surface area contributed by atoms with Crippen molar-refractivity contribution in [2.75, 3.05) is 24.3 Å². The van der Waals surface area contributed by atoms with E-state index in [1.807, 2.05) is 6.92 Å². The van der Waals surface area contributed by atoms with E-state index in [4.69, 9.17) is 5.41 Å². The van der Waals surface area contributed by atoms with Gasteiger partial charge in [0.05, 0.1) is 24.3 Å². The van der Waals surface area contributed by atoms with Gasteiger partial charge in [0.2, 0.25) is 0 Å². The number of carbonyl (C=O) groups is 1. The Bertz CT molecular complexity index is 931. The monoisotopic (exact) mass is 436 g/mol. The van der Waals surface area contributed by atoms with Crippen molar-refractivity contribution in [1.29, 1.82) is 5.41 Å². The van der Waals surface area contributed by atoms with Crippen LogP contribution in [0.1, 0.15) is 35.2 Å². The number of likely N-dealkylation sites (N-methyl/N-ethyl adjacent to an activating group) is 1. The number of anilines is 2. The summed E-state index contributed by atoms with van der Waals surface area (Å²) < 4.78 is 37.8. The largest absolute Gasteiger partial charge is 0.434 e. The van der Waals surface area contributed by atoms with Crippen LogP contribution < -0.4 is 10.7 Å². The Morgan fingerprint density at radius 3 is 2.65 bits per heavy atom. The van der Waals surface area contributed by atoms with Crippen LogP contribution in [0, 0.1) is 12.3 Å². The Balaban J connectivity index is 2.12. The van der Waals surface area contributed by atoms with E-state index in [9.17, 15) is 18.0 Å². The molecule has 2 aromatic heterocycles. The molecule has 1 unspecified atom stereocenters. The highest BCUT2D eigenvalue weighted by Crippen LogP contribution is 2.27. The zero-order valence-corrected chi connectivity index (χ0v) is 17.2. The summed E-state index contributed by atoms with van der Waals surface area (Å²) in [5, 5.41) is 13.7. The molecule has 12 heteroatoms. The molecule has 31 heavy (non-hydrogen) atoms. The molecule has 9 nitrogen and oxygen atoms in total. The molecule has 1 atom stereocenters. The van der Waals surface area contributed by atoms with Gasteiger partial charge in [-0.05, 0) is 25.5 Å². The van der Waals surface area contributed by atoms with E-state index in [-0.39, 0.29) is 30.0 Å². The highest BCUT2D eigenvalue weighted by atomic mass is 19.4. The van der Waals surface area contributed by atoms with Crippen molar-refractivity contribution in [3.05, 3.63) is 41.6 Å². The number of halogens is 3. The molecule has 2 aromatic rings. The van der Waals surface area contributed by atoms with Crippen LogP contribution in [0.3, 0.4) is 0 Å². The van der Waals surface area contributed by atoms with E-state index in [1.165, 1.54) is 11.1 Å². The number of aromatic nitrogens is 3. The number of alkyl halides is 3. The lowest BCUT2D eigenvalue weighted by Crippen LogP contribution is -2.41. The van der Waals surface area contributed by atoms with Gasteiger partial charge in [0.25, 0.3) is 5.91 Å². The van der Waals surface area contributed by atoms with Crippen LogP contribution in [0.4, 0.5) is 24.7 Å².